The maximum atomic E-state index is 12.7. The zero-order valence-corrected chi connectivity index (χ0v) is 18.3. The molecular formula is C22H14ClN3O6S. The second-order valence-corrected chi connectivity index (χ2v) is 7.88. The average molecular weight is 484 g/mol. The lowest BCUT2D eigenvalue weighted by molar-refractivity contribution is -0.384. The van der Waals surface area contributed by atoms with Crippen LogP contribution in [0.5, 0.6) is 0 Å². The first-order chi connectivity index (χ1) is 15.9. The van der Waals surface area contributed by atoms with Crippen molar-refractivity contribution in [1.82, 2.24) is 4.98 Å². The number of hydrogen-bond donors (Lipinski definition) is 1. The van der Waals surface area contributed by atoms with Crippen molar-refractivity contribution in [3.05, 3.63) is 98.2 Å². The Hall–Kier alpha value is -4.02. The van der Waals surface area contributed by atoms with Crippen LogP contribution in [0.2, 0.25) is 5.02 Å². The number of anilines is 1. The predicted octanol–water partition coefficient (Wildman–Crippen LogP) is 5.57. The van der Waals surface area contributed by atoms with Crippen LogP contribution in [-0.2, 0) is 11.3 Å². The number of hydrogen-bond acceptors (Lipinski definition) is 8. The van der Waals surface area contributed by atoms with Gasteiger partial charge < -0.3 is 14.5 Å². The van der Waals surface area contributed by atoms with Gasteiger partial charge in [0.05, 0.1) is 38.7 Å². The highest BCUT2D eigenvalue weighted by Crippen LogP contribution is 2.26. The summed E-state index contributed by atoms with van der Waals surface area (Å²) in [6.45, 7) is -0.0630. The van der Waals surface area contributed by atoms with Crippen molar-refractivity contribution in [3.8, 4) is 10.8 Å². The van der Waals surface area contributed by atoms with E-state index >= 15 is 0 Å². The first kappa shape index (κ1) is 22.2. The normalized spacial score (nSPS) is 10.6. The lowest BCUT2D eigenvalue weighted by atomic mass is 10.1. The average Bonchev–Trinajstić information content (AvgIpc) is 3.49. The molecule has 0 spiro atoms. The molecule has 166 valence electrons. The van der Waals surface area contributed by atoms with E-state index < -0.39 is 16.8 Å². The molecule has 0 atom stereocenters. The van der Waals surface area contributed by atoms with E-state index in [2.05, 4.69) is 10.3 Å². The monoisotopic (exact) mass is 483 g/mol. The van der Waals surface area contributed by atoms with Gasteiger partial charge in [0.1, 0.15) is 6.61 Å². The number of aromatic nitrogens is 1. The Morgan fingerprint density at radius 1 is 1.15 bits per heavy atom. The third kappa shape index (κ3) is 5.08. The summed E-state index contributed by atoms with van der Waals surface area (Å²) in [5, 5.41) is 15.8. The van der Waals surface area contributed by atoms with Gasteiger partial charge in [0.25, 0.3) is 11.6 Å². The number of carbonyl (C=O) groups is 2. The molecule has 0 fully saturated rings. The number of rotatable bonds is 7. The SMILES string of the molecule is O=C(Nc1ccccc1C(=O)OCc1csc(-c2ccco2)n1)c1ccc([N+](=O)[O-])cc1Cl. The molecule has 2 heterocycles. The van der Waals surface area contributed by atoms with Gasteiger partial charge in [-0.2, -0.15) is 0 Å². The summed E-state index contributed by atoms with van der Waals surface area (Å²) in [5.74, 6) is -0.665. The summed E-state index contributed by atoms with van der Waals surface area (Å²) >= 11 is 7.38. The van der Waals surface area contributed by atoms with E-state index in [0.29, 0.717) is 16.5 Å². The molecule has 0 saturated heterocycles. The number of carbonyl (C=O) groups excluding carboxylic acids is 2. The second-order valence-electron chi connectivity index (χ2n) is 6.62. The van der Waals surface area contributed by atoms with Gasteiger partial charge in [-0.25, -0.2) is 9.78 Å². The molecule has 4 aromatic rings. The summed E-state index contributed by atoms with van der Waals surface area (Å²) in [5.41, 5.74) is 0.678. The maximum Gasteiger partial charge on any atom is 0.340 e. The topological polar surface area (TPSA) is 125 Å². The van der Waals surface area contributed by atoms with Gasteiger partial charge in [0, 0.05) is 17.5 Å². The summed E-state index contributed by atoms with van der Waals surface area (Å²) in [4.78, 5) is 39.9. The number of nitrogens with zero attached hydrogens (tertiary/aromatic N) is 2. The third-order valence-corrected chi connectivity index (χ3v) is 5.66. The van der Waals surface area contributed by atoms with E-state index in [4.69, 9.17) is 20.8 Å². The van der Waals surface area contributed by atoms with Crippen LogP contribution in [0.4, 0.5) is 11.4 Å². The number of furan rings is 1. The van der Waals surface area contributed by atoms with Crippen molar-refractivity contribution in [1.29, 1.82) is 0 Å². The third-order valence-electron chi connectivity index (χ3n) is 4.44. The number of halogens is 1. The Labute approximate surface area is 195 Å². The Balaban J connectivity index is 1.45. The lowest BCUT2D eigenvalue weighted by Crippen LogP contribution is -2.16. The summed E-state index contributed by atoms with van der Waals surface area (Å²) < 4.78 is 10.7. The molecule has 0 aliphatic rings. The number of nitro benzene ring substituents is 1. The largest absolute Gasteiger partial charge is 0.462 e. The highest BCUT2D eigenvalue weighted by atomic mass is 35.5. The number of nitro groups is 1. The van der Waals surface area contributed by atoms with Crippen LogP contribution in [0.15, 0.2) is 70.7 Å². The fourth-order valence-electron chi connectivity index (χ4n) is 2.87. The molecule has 1 amide bonds. The van der Waals surface area contributed by atoms with E-state index in [1.165, 1.54) is 35.6 Å². The van der Waals surface area contributed by atoms with Crippen LogP contribution in [0.3, 0.4) is 0 Å². The van der Waals surface area contributed by atoms with Crippen LogP contribution in [0.1, 0.15) is 26.4 Å². The van der Waals surface area contributed by atoms with Crippen LogP contribution in [0.25, 0.3) is 10.8 Å². The van der Waals surface area contributed by atoms with Crippen molar-refractivity contribution in [2.75, 3.05) is 5.32 Å². The molecule has 2 aromatic heterocycles. The van der Waals surface area contributed by atoms with Crippen molar-refractivity contribution in [2.45, 2.75) is 6.61 Å². The van der Waals surface area contributed by atoms with Crippen molar-refractivity contribution in [2.24, 2.45) is 0 Å². The standard InChI is InChI=1S/C22H14ClN3O6S/c23-17-10-14(26(29)30)7-8-15(17)20(27)25-18-5-2-1-4-16(18)22(28)32-11-13-12-33-21(24-13)19-6-3-9-31-19/h1-10,12H,11H2,(H,25,27). The van der Waals surface area contributed by atoms with Gasteiger partial charge in [-0.15, -0.1) is 11.3 Å². The van der Waals surface area contributed by atoms with E-state index in [-0.39, 0.29) is 34.1 Å². The summed E-state index contributed by atoms with van der Waals surface area (Å²) in [6.07, 6.45) is 1.55. The zero-order valence-electron chi connectivity index (χ0n) is 16.7. The highest BCUT2D eigenvalue weighted by molar-refractivity contribution is 7.13. The molecule has 11 heteroatoms. The molecule has 0 aliphatic heterocycles. The predicted molar refractivity (Wildman–Crippen MR) is 121 cm³/mol. The number of benzene rings is 2. The minimum Gasteiger partial charge on any atom is -0.462 e. The van der Waals surface area contributed by atoms with E-state index in [9.17, 15) is 19.7 Å². The van der Waals surface area contributed by atoms with Crippen LogP contribution < -0.4 is 5.32 Å². The van der Waals surface area contributed by atoms with E-state index in [0.717, 1.165) is 6.07 Å². The molecule has 0 radical (unpaired) electrons. The number of esters is 1. The number of para-hydroxylation sites is 1. The maximum absolute atomic E-state index is 12.7. The van der Waals surface area contributed by atoms with Gasteiger partial charge >= 0.3 is 5.97 Å². The first-order valence-corrected chi connectivity index (χ1v) is 10.7. The van der Waals surface area contributed by atoms with Gasteiger partial charge in [0.15, 0.2) is 10.8 Å². The first-order valence-electron chi connectivity index (χ1n) is 9.42. The van der Waals surface area contributed by atoms with E-state index in [1.807, 2.05) is 0 Å². The minimum atomic E-state index is -0.659. The second kappa shape index (κ2) is 9.63. The Morgan fingerprint density at radius 2 is 1.97 bits per heavy atom. The fourth-order valence-corrected chi connectivity index (χ4v) is 3.90. The summed E-state index contributed by atoms with van der Waals surface area (Å²) in [6, 6.07) is 13.3. The van der Waals surface area contributed by atoms with Gasteiger partial charge in [-0.3, -0.25) is 14.9 Å². The van der Waals surface area contributed by atoms with Crippen molar-refractivity contribution >= 4 is 46.2 Å². The molecule has 0 saturated carbocycles. The van der Waals surface area contributed by atoms with Crippen LogP contribution in [0, 0.1) is 10.1 Å². The van der Waals surface area contributed by atoms with Gasteiger partial charge in [-0.05, 0) is 30.3 Å². The van der Waals surface area contributed by atoms with Crippen LogP contribution >= 0.6 is 22.9 Å². The van der Waals surface area contributed by atoms with Crippen LogP contribution in [-0.4, -0.2) is 21.8 Å². The van der Waals surface area contributed by atoms with Gasteiger partial charge in [-0.1, -0.05) is 23.7 Å². The number of non-ortho nitro benzene ring substituents is 1. The Bertz CT molecular complexity index is 1340. The van der Waals surface area contributed by atoms with Crippen molar-refractivity contribution < 1.29 is 23.7 Å². The zero-order chi connectivity index (χ0) is 23.4. The number of amides is 1. The Kier molecular flexibility index (Phi) is 6.48. The number of nitrogens with one attached hydrogen (secondary N) is 1. The highest BCUT2D eigenvalue weighted by Gasteiger charge is 2.19. The Morgan fingerprint density at radius 3 is 2.70 bits per heavy atom. The van der Waals surface area contributed by atoms with Gasteiger partial charge in [0.2, 0.25) is 0 Å². The molecule has 0 unspecified atom stereocenters. The molecule has 4 rings (SSSR count). The van der Waals surface area contributed by atoms with E-state index in [1.54, 1.807) is 35.9 Å². The summed E-state index contributed by atoms with van der Waals surface area (Å²) in [7, 11) is 0. The fraction of sp³-hybridized carbons (Fsp3) is 0.0455. The van der Waals surface area contributed by atoms with Crippen molar-refractivity contribution in [3.63, 3.8) is 0 Å². The quantitative estimate of drug-likeness (QED) is 0.207. The molecule has 1 N–H and O–H groups in total. The lowest BCUT2D eigenvalue weighted by Gasteiger charge is -2.11. The minimum absolute atomic E-state index is 0.0263. The molecule has 0 bridgehead atoms. The molecule has 0 aliphatic carbocycles. The number of thiazole rings is 1. The number of ether oxygens (including phenoxy) is 1. The molecule has 9 nitrogen and oxygen atoms in total. The molecule has 2 aromatic carbocycles. The molecule has 33 heavy (non-hydrogen) atoms. The molecular weight excluding hydrogens is 470 g/mol. The smallest absolute Gasteiger partial charge is 0.340 e.